The summed E-state index contributed by atoms with van der Waals surface area (Å²) in [6.07, 6.45) is 0.347. The Morgan fingerprint density at radius 3 is 1.95 bits per heavy atom. The normalized spacial score (nSPS) is 20.1. The van der Waals surface area contributed by atoms with Crippen LogP contribution in [0, 0.1) is 0 Å². The third-order valence-corrected chi connectivity index (χ3v) is 15.6. The van der Waals surface area contributed by atoms with Gasteiger partial charge in [0.1, 0.15) is 35.4 Å². The van der Waals surface area contributed by atoms with E-state index in [-0.39, 0.29) is 11.7 Å². The summed E-state index contributed by atoms with van der Waals surface area (Å²) in [6, 6.07) is 36.1. The molecule has 2 aliphatic rings. The van der Waals surface area contributed by atoms with Crippen LogP contribution in [0.1, 0.15) is 46.1 Å². The molecule has 1 N–H and O–H groups in total. The quantitative estimate of drug-likeness (QED) is 0.0533. The maximum Gasteiger partial charge on any atom is 0.330 e. The fraction of sp³-hybridized carbons (Fsp3) is 0.341. The van der Waals surface area contributed by atoms with Crippen molar-refractivity contribution in [2.45, 2.75) is 43.0 Å². The Bertz CT molecular complexity index is 2180. The third kappa shape index (κ3) is 9.88. The van der Waals surface area contributed by atoms with E-state index in [4.69, 9.17) is 28.2 Å². The zero-order valence-corrected chi connectivity index (χ0v) is 35.7. The molecule has 0 bridgehead atoms. The van der Waals surface area contributed by atoms with Crippen LogP contribution >= 0.6 is 30.6 Å². The lowest BCUT2D eigenvalue weighted by Crippen LogP contribution is -2.42. The Hall–Kier alpha value is -4.24. The number of H-pyrrole nitrogens is 1. The second kappa shape index (κ2) is 20.3. The lowest BCUT2D eigenvalue weighted by atomic mass is 9.80. The van der Waals surface area contributed by atoms with Crippen molar-refractivity contribution in [2.75, 3.05) is 52.5 Å². The predicted octanol–water partition coefficient (Wildman–Crippen LogP) is 7.49. The molecule has 0 amide bonds. The van der Waals surface area contributed by atoms with Gasteiger partial charge in [0.25, 0.3) is 5.56 Å². The number of rotatable bonds is 18. The number of hydrogen-bond acceptors (Lipinski definition) is 12. The molecule has 0 saturated carbocycles. The summed E-state index contributed by atoms with van der Waals surface area (Å²) in [4.78, 5) is 40.7. The van der Waals surface area contributed by atoms with E-state index in [0.29, 0.717) is 28.6 Å². The van der Waals surface area contributed by atoms with Crippen molar-refractivity contribution in [3.05, 3.63) is 165 Å². The van der Waals surface area contributed by atoms with E-state index >= 15 is 0 Å². The van der Waals surface area contributed by atoms with Gasteiger partial charge in [-0.3, -0.25) is 23.8 Å². The molecule has 5 aromatic rings. The molecular weight excluding hydrogens is 810 g/mol. The van der Waals surface area contributed by atoms with Gasteiger partial charge >= 0.3 is 5.69 Å². The minimum absolute atomic E-state index is 0.0152. The van der Waals surface area contributed by atoms with E-state index in [1.165, 1.54) is 28.6 Å². The molecule has 59 heavy (non-hydrogen) atoms. The molecule has 4 aromatic carbocycles. The molecule has 0 spiro atoms. The Morgan fingerprint density at radius 2 is 1.37 bits per heavy atom. The highest BCUT2D eigenvalue weighted by Gasteiger charge is 2.51. The highest BCUT2D eigenvalue weighted by molar-refractivity contribution is 8.53. The summed E-state index contributed by atoms with van der Waals surface area (Å²) in [5.74, 6) is 2.68. The molecule has 1 unspecified atom stereocenters. The molecular formula is C44H48N3O9PS2. The Kier molecular flexibility index (Phi) is 14.8. The minimum Gasteiger partial charge on any atom is -0.497 e. The van der Waals surface area contributed by atoms with Gasteiger partial charge in [-0.1, -0.05) is 108 Å². The van der Waals surface area contributed by atoms with Gasteiger partial charge in [0, 0.05) is 49.5 Å². The topological polar surface area (TPSA) is 131 Å². The van der Waals surface area contributed by atoms with Crippen LogP contribution < -0.4 is 20.7 Å². The van der Waals surface area contributed by atoms with Gasteiger partial charge in [-0.05, 0) is 53.8 Å². The zero-order chi connectivity index (χ0) is 41.2. The van der Waals surface area contributed by atoms with Gasteiger partial charge in [0.2, 0.25) is 5.12 Å². The number of hydrogen-bond donors (Lipinski definition) is 1. The summed E-state index contributed by atoms with van der Waals surface area (Å²) in [5, 5.41) is 0.0308. The molecule has 1 aromatic heterocycles. The molecule has 15 heteroatoms. The molecule has 7 rings (SSSR count). The van der Waals surface area contributed by atoms with Crippen molar-refractivity contribution in [3.63, 3.8) is 0 Å². The minimum atomic E-state index is -1.26. The molecule has 2 saturated heterocycles. The standard InChI is InChI=1S/C44H48N3O9PS2/c1-51-35-20-16-33(17-21-35)44(32-14-8-5-9-15-32,34-18-22-36(52-2)23-19-34)54-30-37-39(40(53-3)41(55-37)47-27-24-38(48)45-43(47)50)56-57(46-25-10-11-26-46)59-29-28-58-42(49)31-12-6-4-7-13-31/h4-9,12-24,27,37,39-41H,10-11,25-26,28-30H2,1-3H3,(H,45,48,50)/t37-,39-,40-,41-,57?/m1/s1. The van der Waals surface area contributed by atoms with Crippen LogP contribution in [-0.4, -0.2) is 90.2 Å². The molecule has 310 valence electrons. The summed E-state index contributed by atoms with van der Waals surface area (Å²) in [7, 11) is 3.57. The molecule has 12 nitrogen and oxygen atoms in total. The number of nitrogens with one attached hydrogen (secondary N) is 1. The number of carbonyl (C=O) groups is 1. The van der Waals surface area contributed by atoms with Crippen LogP contribution in [0.4, 0.5) is 0 Å². The van der Waals surface area contributed by atoms with Crippen molar-refractivity contribution in [1.82, 2.24) is 14.2 Å². The lowest BCUT2D eigenvalue weighted by molar-refractivity contribution is -0.0951. The van der Waals surface area contributed by atoms with Gasteiger partial charge in [-0.2, -0.15) is 0 Å². The van der Waals surface area contributed by atoms with Crippen LogP contribution in [0.25, 0.3) is 0 Å². The smallest absolute Gasteiger partial charge is 0.330 e. The highest BCUT2D eigenvalue weighted by atomic mass is 32.7. The summed E-state index contributed by atoms with van der Waals surface area (Å²) >= 11 is 2.98. The maximum absolute atomic E-state index is 13.3. The van der Waals surface area contributed by atoms with Crippen molar-refractivity contribution in [3.8, 4) is 11.5 Å². The van der Waals surface area contributed by atoms with Crippen LogP contribution in [0.3, 0.4) is 0 Å². The number of aromatic amines is 1. The number of nitrogens with zero attached hydrogens (tertiary/aromatic N) is 2. The second-order valence-electron chi connectivity index (χ2n) is 13.9. The Morgan fingerprint density at radius 1 is 0.780 bits per heavy atom. The van der Waals surface area contributed by atoms with Crippen LogP contribution in [0.2, 0.25) is 0 Å². The van der Waals surface area contributed by atoms with Crippen molar-refractivity contribution < 1.29 is 33.0 Å². The number of carbonyl (C=O) groups excluding carboxylic acids is 1. The fourth-order valence-corrected chi connectivity index (χ4v) is 12.7. The SMILES string of the molecule is COc1ccc(C(OC[C@H]2O[C@@H](n3ccc(=O)[nH]c3=O)[C@H](OC)[C@@H]2OP(SCCSC(=O)c2ccccc2)N2CCCC2)(c2ccccc2)c2ccc(OC)cc2)cc1. The largest absolute Gasteiger partial charge is 0.497 e. The Labute approximate surface area is 353 Å². The van der Waals surface area contributed by atoms with E-state index in [9.17, 15) is 14.4 Å². The monoisotopic (exact) mass is 857 g/mol. The summed E-state index contributed by atoms with van der Waals surface area (Å²) in [6.45, 7) is 1.76. The van der Waals surface area contributed by atoms with Gasteiger partial charge in [0.05, 0.1) is 20.8 Å². The van der Waals surface area contributed by atoms with E-state index in [1.807, 2.05) is 109 Å². The second-order valence-corrected chi connectivity index (χ2v) is 18.6. The molecule has 0 aliphatic carbocycles. The zero-order valence-electron chi connectivity index (χ0n) is 33.1. The van der Waals surface area contributed by atoms with Gasteiger partial charge in [-0.25, -0.2) is 4.79 Å². The van der Waals surface area contributed by atoms with Gasteiger partial charge in [-0.15, -0.1) is 0 Å². The summed E-state index contributed by atoms with van der Waals surface area (Å²) in [5.41, 5.74) is 0.943. The maximum atomic E-state index is 13.3. The third-order valence-electron chi connectivity index (χ3n) is 10.4. The van der Waals surface area contributed by atoms with Crippen molar-refractivity contribution >= 4 is 35.8 Å². The predicted molar refractivity (Wildman–Crippen MR) is 233 cm³/mol. The van der Waals surface area contributed by atoms with Gasteiger partial charge in [0.15, 0.2) is 13.7 Å². The highest BCUT2D eigenvalue weighted by Crippen LogP contribution is 2.58. The molecule has 3 heterocycles. The summed E-state index contributed by atoms with van der Waals surface area (Å²) < 4.78 is 42.2. The van der Waals surface area contributed by atoms with Crippen LogP contribution in [0.15, 0.2) is 131 Å². The fourth-order valence-electron chi connectivity index (χ4n) is 7.41. The Balaban J connectivity index is 1.24. The molecule has 2 aliphatic heterocycles. The first-order chi connectivity index (χ1) is 28.8. The van der Waals surface area contributed by atoms with Crippen molar-refractivity contribution in [1.29, 1.82) is 0 Å². The van der Waals surface area contributed by atoms with Gasteiger partial charge < -0.3 is 28.2 Å². The number of aromatic nitrogens is 2. The van der Waals surface area contributed by atoms with E-state index in [2.05, 4.69) is 9.65 Å². The molecule has 0 radical (unpaired) electrons. The average molecular weight is 858 g/mol. The number of ether oxygens (including phenoxy) is 5. The number of benzene rings is 4. The van der Waals surface area contributed by atoms with E-state index in [0.717, 1.165) is 42.6 Å². The van der Waals surface area contributed by atoms with Crippen molar-refractivity contribution in [2.24, 2.45) is 0 Å². The van der Waals surface area contributed by atoms with Crippen LogP contribution in [0.5, 0.6) is 11.5 Å². The number of thioether (sulfide) groups is 1. The molecule has 5 atom stereocenters. The first kappa shape index (κ1) is 42.9. The van der Waals surface area contributed by atoms with Crippen LogP contribution in [-0.2, 0) is 24.3 Å². The lowest BCUT2D eigenvalue weighted by Gasteiger charge is -2.38. The first-order valence-corrected chi connectivity index (χ1v) is 23.2. The number of methoxy groups -OCH3 is 3. The first-order valence-electron chi connectivity index (χ1n) is 19.4. The van der Waals surface area contributed by atoms with E-state index in [1.54, 1.807) is 32.7 Å². The van der Waals surface area contributed by atoms with E-state index < -0.39 is 48.9 Å². The molecule has 2 fully saturated rings. The average Bonchev–Trinajstić information content (AvgIpc) is 3.94.